The van der Waals surface area contributed by atoms with Crippen LogP contribution in [0.3, 0.4) is 0 Å². The van der Waals surface area contributed by atoms with Crippen molar-refractivity contribution in [2.45, 2.75) is 51.0 Å². The number of aliphatic hydroxyl groups excluding tert-OH is 1. The quantitative estimate of drug-likeness (QED) is 0.629. The Bertz CT molecular complexity index is 1240. The molecule has 0 spiro atoms. The molecule has 2 aromatic rings. The van der Waals surface area contributed by atoms with Gasteiger partial charge in [0.2, 0.25) is 0 Å². The van der Waals surface area contributed by atoms with Crippen LogP contribution in [0.2, 0.25) is 0 Å². The maximum atomic E-state index is 14.1. The number of aliphatic imine (C=N–C) groups is 1. The highest BCUT2D eigenvalue weighted by atomic mass is 19.4. The van der Waals surface area contributed by atoms with Crippen LogP contribution < -0.4 is 9.64 Å². The fourth-order valence-corrected chi connectivity index (χ4v) is 4.69. The van der Waals surface area contributed by atoms with E-state index >= 15 is 0 Å². The van der Waals surface area contributed by atoms with Crippen LogP contribution in [-0.2, 0) is 22.1 Å². The van der Waals surface area contributed by atoms with Crippen molar-refractivity contribution in [2.75, 3.05) is 31.6 Å². The number of carbonyl (C=O) groups excluding carboxylic acids is 2. The minimum Gasteiger partial charge on any atom is -0.497 e. The Hall–Kier alpha value is -3.60. The number of carbonyl (C=O) groups is 2. The maximum absolute atomic E-state index is 14.1. The van der Waals surface area contributed by atoms with Gasteiger partial charge in [-0.05, 0) is 62.6 Å². The topological polar surface area (TPSA) is 91.7 Å². The first-order chi connectivity index (χ1) is 17.8. The third-order valence-electron chi connectivity index (χ3n) is 6.46. The number of halogens is 3. The molecule has 0 radical (unpaired) electrons. The van der Waals surface area contributed by atoms with Gasteiger partial charge in [-0.15, -0.1) is 0 Å². The standard InChI is InChI=1S/C27H30F3N3O5/c1-26(2,3)38-25(36)32-13-12-31-22(32)15-33-21-7-5-6-20(27(28,29)30)19(21)14-18(23(34)24(33)35)16-8-10-17(37-4)11-9-16/h5-11,18,23,34H,12-15H2,1-4H3/t18?,23-/m1/s1. The highest BCUT2D eigenvalue weighted by Gasteiger charge is 2.43. The first-order valence-corrected chi connectivity index (χ1v) is 12.2. The Morgan fingerprint density at radius 3 is 2.42 bits per heavy atom. The molecule has 2 aliphatic heterocycles. The molecule has 2 aromatic carbocycles. The van der Waals surface area contributed by atoms with Crippen LogP contribution in [0.15, 0.2) is 47.5 Å². The number of methoxy groups -OCH3 is 1. The van der Waals surface area contributed by atoms with E-state index in [0.717, 1.165) is 11.0 Å². The van der Waals surface area contributed by atoms with E-state index in [0.29, 0.717) is 11.3 Å². The molecule has 2 heterocycles. The third kappa shape index (κ3) is 5.62. The van der Waals surface area contributed by atoms with Crippen molar-refractivity contribution in [3.8, 4) is 5.75 Å². The summed E-state index contributed by atoms with van der Waals surface area (Å²) >= 11 is 0. The average molecular weight is 534 g/mol. The van der Waals surface area contributed by atoms with Gasteiger partial charge in [-0.2, -0.15) is 13.2 Å². The maximum Gasteiger partial charge on any atom is 0.416 e. The Balaban J connectivity index is 1.76. The highest BCUT2D eigenvalue weighted by Crippen LogP contribution is 2.42. The van der Waals surface area contributed by atoms with E-state index in [1.807, 2.05) is 0 Å². The van der Waals surface area contributed by atoms with Gasteiger partial charge in [-0.1, -0.05) is 18.2 Å². The number of amidine groups is 1. The van der Waals surface area contributed by atoms with Crippen LogP contribution in [0.25, 0.3) is 0 Å². The first-order valence-electron chi connectivity index (χ1n) is 12.2. The number of ether oxygens (including phenoxy) is 2. The van der Waals surface area contributed by atoms with E-state index in [4.69, 9.17) is 9.47 Å². The fraction of sp³-hybridized carbons (Fsp3) is 0.444. The summed E-state index contributed by atoms with van der Waals surface area (Å²) in [5.74, 6) is -1.04. The second-order valence-electron chi connectivity index (χ2n) is 10.2. The van der Waals surface area contributed by atoms with Gasteiger partial charge in [-0.25, -0.2) is 4.79 Å². The second kappa shape index (κ2) is 10.3. The lowest BCUT2D eigenvalue weighted by Gasteiger charge is -2.29. The van der Waals surface area contributed by atoms with Gasteiger partial charge in [0.15, 0.2) is 0 Å². The van der Waals surface area contributed by atoms with Crippen molar-refractivity contribution in [3.63, 3.8) is 0 Å². The number of benzene rings is 2. The summed E-state index contributed by atoms with van der Waals surface area (Å²) in [6.07, 6.45) is -7.23. The van der Waals surface area contributed by atoms with E-state index in [-0.39, 0.29) is 43.1 Å². The Labute approximate surface area is 218 Å². The minimum absolute atomic E-state index is 0.0126. The molecular formula is C27H30F3N3O5. The second-order valence-corrected chi connectivity index (χ2v) is 10.2. The van der Waals surface area contributed by atoms with Crippen molar-refractivity contribution in [1.82, 2.24) is 4.90 Å². The monoisotopic (exact) mass is 533 g/mol. The zero-order valence-corrected chi connectivity index (χ0v) is 21.6. The van der Waals surface area contributed by atoms with Crippen LogP contribution in [0.4, 0.5) is 23.7 Å². The van der Waals surface area contributed by atoms with Gasteiger partial charge in [0.25, 0.3) is 5.91 Å². The number of alkyl halides is 3. The molecule has 38 heavy (non-hydrogen) atoms. The van der Waals surface area contributed by atoms with Gasteiger partial charge in [0.05, 0.1) is 32.3 Å². The zero-order valence-electron chi connectivity index (χ0n) is 21.6. The average Bonchev–Trinajstić information content (AvgIpc) is 3.28. The fourth-order valence-electron chi connectivity index (χ4n) is 4.69. The molecule has 1 N–H and O–H groups in total. The number of amides is 2. The van der Waals surface area contributed by atoms with Gasteiger partial charge < -0.3 is 19.5 Å². The third-order valence-corrected chi connectivity index (χ3v) is 6.46. The van der Waals surface area contributed by atoms with E-state index in [1.54, 1.807) is 45.0 Å². The summed E-state index contributed by atoms with van der Waals surface area (Å²) in [6, 6.07) is 10.1. The van der Waals surface area contributed by atoms with Crippen molar-refractivity contribution in [2.24, 2.45) is 4.99 Å². The van der Waals surface area contributed by atoms with Crippen molar-refractivity contribution in [3.05, 3.63) is 59.2 Å². The number of hydrogen-bond acceptors (Lipinski definition) is 6. The highest BCUT2D eigenvalue weighted by molar-refractivity contribution is 6.07. The zero-order chi connectivity index (χ0) is 27.8. The van der Waals surface area contributed by atoms with Crippen molar-refractivity contribution < 1.29 is 37.3 Å². The van der Waals surface area contributed by atoms with E-state index in [2.05, 4.69) is 4.99 Å². The molecule has 4 rings (SSSR count). The van der Waals surface area contributed by atoms with Crippen LogP contribution in [0.5, 0.6) is 5.75 Å². The number of hydrogen-bond donors (Lipinski definition) is 1. The van der Waals surface area contributed by atoms with E-state index in [9.17, 15) is 27.9 Å². The normalized spacial score (nSPS) is 20.1. The minimum atomic E-state index is -4.69. The lowest BCUT2D eigenvalue weighted by atomic mass is 9.86. The van der Waals surface area contributed by atoms with Crippen LogP contribution >= 0.6 is 0 Å². The number of rotatable bonds is 4. The van der Waals surface area contributed by atoms with Gasteiger partial charge >= 0.3 is 12.3 Å². The summed E-state index contributed by atoms with van der Waals surface area (Å²) in [5, 5.41) is 11.2. The summed E-state index contributed by atoms with van der Waals surface area (Å²) in [7, 11) is 1.48. The molecule has 0 saturated heterocycles. The number of anilines is 1. The molecule has 0 saturated carbocycles. The molecule has 11 heteroatoms. The van der Waals surface area contributed by atoms with Crippen LogP contribution in [0, 0.1) is 0 Å². The molecule has 0 fully saturated rings. The predicted octanol–water partition coefficient (Wildman–Crippen LogP) is 4.40. The molecule has 2 aliphatic rings. The summed E-state index contributed by atoms with van der Waals surface area (Å²) in [4.78, 5) is 33.1. The number of nitrogens with zero attached hydrogens (tertiary/aromatic N) is 3. The number of fused-ring (bicyclic) bond motifs is 1. The SMILES string of the molecule is COc1ccc(C2Cc3c(cccc3C(F)(F)F)N(CC3=NCCN3C(=O)OC(C)(C)C)C(=O)[C@@H]2O)cc1. The first kappa shape index (κ1) is 27.4. The lowest BCUT2D eigenvalue weighted by molar-refractivity contribution is -0.138. The molecule has 2 amide bonds. The van der Waals surface area contributed by atoms with Crippen molar-refractivity contribution >= 4 is 23.5 Å². The Morgan fingerprint density at radius 1 is 1.13 bits per heavy atom. The summed E-state index contributed by atoms with van der Waals surface area (Å²) in [6.45, 7) is 5.28. The molecule has 8 nitrogen and oxygen atoms in total. The molecule has 0 aliphatic carbocycles. The molecule has 0 aromatic heterocycles. The molecule has 0 bridgehead atoms. The van der Waals surface area contributed by atoms with Gasteiger partial charge in [0, 0.05) is 11.6 Å². The van der Waals surface area contributed by atoms with E-state index in [1.165, 1.54) is 24.1 Å². The van der Waals surface area contributed by atoms with Gasteiger partial charge in [-0.3, -0.25) is 14.7 Å². The predicted molar refractivity (Wildman–Crippen MR) is 134 cm³/mol. The van der Waals surface area contributed by atoms with Crippen molar-refractivity contribution in [1.29, 1.82) is 0 Å². The van der Waals surface area contributed by atoms with Crippen LogP contribution in [0.1, 0.15) is 43.4 Å². The summed E-state index contributed by atoms with van der Waals surface area (Å²) in [5.41, 5.74) is -1.28. The lowest BCUT2D eigenvalue weighted by Crippen LogP contribution is -2.48. The van der Waals surface area contributed by atoms with Gasteiger partial charge in [0.1, 0.15) is 23.3 Å². The largest absolute Gasteiger partial charge is 0.497 e. The van der Waals surface area contributed by atoms with E-state index < -0.39 is 41.4 Å². The smallest absolute Gasteiger partial charge is 0.416 e. The Morgan fingerprint density at radius 2 is 1.82 bits per heavy atom. The Kier molecular flexibility index (Phi) is 7.42. The summed E-state index contributed by atoms with van der Waals surface area (Å²) < 4.78 is 52.9. The number of aliphatic hydroxyl groups is 1. The molecule has 1 unspecified atom stereocenters. The molecule has 2 atom stereocenters. The molecular weight excluding hydrogens is 503 g/mol. The van der Waals surface area contributed by atoms with Crippen LogP contribution in [-0.4, -0.2) is 66.3 Å². The molecule has 204 valence electrons.